The van der Waals surface area contributed by atoms with Crippen molar-refractivity contribution in [2.24, 2.45) is 0 Å². The van der Waals surface area contributed by atoms with E-state index in [9.17, 15) is 13.2 Å². The van der Waals surface area contributed by atoms with Crippen molar-refractivity contribution in [1.82, 2.24) is 9.78 Å². The van der Waals surface area contributed by atoms with Gasteiger partial charge in [-0.2, -0.15) is 18.3 Å². The third kappa shape index (κ3) is 3.87. The summed E-state index contributed by atoms with van der Waals surface area (Å²) >= 11 is 0. The molecule has 1 rings (SSSR count). The summed E-state index contributed by atoms with van der Waals surface area (Å²) in [6.07, 6.45) is -3.62. The molecule has 0 saturated carbocycles. The first-order valence-electron chi connectivity index (χ1n) is 3.75. The van der Waals surface area contributed by atoms with Crippen LogP contribution < -0.4 is 5.73 Å². The standard InChI is InChI=1S/C7H10F3N3.ClH/c1-5-6(11)4-13(12-5)3-2-7(8,9)10;/h4H,2-3,11H2,1H3;1H. The first kappa shape index (κ1) is 13.1. The molecule has 0 aromatic carbocycles. The number of aryl methyl sites for hydroxylation is 2. The zero-order valence-corrected chi connectivity index (χ0v) is 8.32. The van der Waals surface area contributed by atoms with Gasteiger partial charge >= 0.3 is 6.18 Å². The Morgan fingerprint density at radius 1 is 1.50 bits per heavy atom. The lowest BCUT2D eigenvalue weighted by Crippen LogP contribution is -2.12. The number of anilines is 1. The monoisotopic (exact) mass is 229 g/mol. The summed E-state index contributed by atoms with van der Waals surface area (Å²) < 4.78 is 36.5. The van der Waals surface area contributed by atoms with E-state index in [4.69, 9.17) is 5.73 Å². The van der Waals surface area contributed by atoms with Gasteiger partial charge in [-0.05, 0) is 6.92 Å². The van der Waals surface area contributed by atoms with Gasteiger partial charge in [0, 0.05) is 12.7 Å². The van der Waals surface area contributed by atoms with E-state index < -0.39 is 12.6 Å². The summed E-state index contributed by atoms with van der Waals surface area (Å²) in [5, 5.41) is 3.80. The second-order valence-electron chi connectivity index (χ2n) is 2.80. The molecule has 0 aliphatic carbocycles. The maximum Gasteiger partial charge on any atom is 0.390 e. The Kier molecular flexibility index (Phi) is 4.25. The second-order valence-corrected chi connectivity index (χ2v) is 2.80. The molecular formula is C7H11ClF3N3. The van der Waals surface area contributed by atoms with Crippen LogP contribution in [-0.2, 0) is 6.54 Å². The molecule has 0 saturated heterocycles. The van der Waals surface area contributed by atoms with Gasteiger partial charge in [-0.3, -0.25) is 4.68 Å². The number of nitrogen functional groups attached to an aromatic ring is 1. The molecule has 1 aromatic rings. The number of hydrogen-bond donors (Lipinski definition) is 1. The van der Waals surface area contributed by atoms with Crippen LogP contribution in [0.15, 0.2) is 6.20 Å². The van der Waals surface area contributed by atoms with Crippen LogP contribution in [0.4, 0.5) is 18.9 Å². The van der Waals surface area contributed by atoms with E-state index in [1.165, 1.54) is 10.9 Å². The fraction of sp³-hybridized carbons (Fsp3) is 0.571. The van der Waals surface area contributed by atoms with Crippen LogP contribution in [0.5, 0.6) is 0 Å². The Morgan fingerprint density at radius 2 is 2.07 bits per heavy atom. The van der Waals surface area contributed by atoms with Crippen LogP contribution in [-0.4, -0.2) is 16.0 Å². The predicted molar refractivity (Wildman–Crippen MR) is 49.3 cm³/mol. The molecule has 0 radical (unpaired) electrons. The number of halogens is 4. The lowest BCUT2D eigenvalue weighted by atomic mass is 10.4. The summed E-state index contributed by atoms with van der Waals surface area (Å²) in [5.41, 5.74) is 6.39. The summed E-state index contributed by atoms with van der Waals surface area (Å²) in [6, 6.07) is 0. The number of hydrogen-bond acceptors (Lipinski definition) is 2. The van der Waals surface area contributed by atoms with Crippen LogP contribution in [0, 0.1) is 6.92 Å². The van der Waals surface area contributed by atoms with E-state index in [0.717, 1.165) is 0 Å². The predicted octanol–water partition coefficient (Wildman–Crippen LogP) is 2.15. The molecule has 82 valence electrons. The molecular weight excluding hydrogens is 219 g/mol. The SMILES string of the molecule is Cc1nn(CCC(F)(F)F)cc1N.Cl. The number of nitrogens with zero attached hydrogens (tertiary/aromatic N) is 2. The minimum atomic E-state index is -4.14. The van der Waals surface area contributed by atoms with Crippen molar-refractivity contribution >= 4 is 18.1 Å². The first-order chi connectivity index (χ1) is 5.88. The smallest absolute Gasteiger partial charge is 0.390 e. The minimum absolute atomic E-state index is 0. The highest BCUT2D eigenvalue weighted by Crippen LogP contribution is 2.20. The molecule has 0 atom stereocenters. The summed E-state index contributed by atoms with van der Waals surface area (Å²) in [4.78, 5) is 0. The Bertz CT molecular complexity index is 275. The highest BCUT2D eigenvalue weighted by molar-refractivity contribution is 5.85. The third-order valence-corrected chi connectivity index (χ3v) is 1.61. The Labute approximate surface area is 85.5 Å². The topological polar surface area (TPSA) is 43.8 Å². The lowest BCUT2D eigenvalue weighted by molar-refractivity contribution is -0.137. The van der Waals surface area contributed by atoms with Gasteiger partial charge in [0.05, 0.1) is 17.8 Å². The number of nitrogens with two attached hydrogens (primary N) is 1. The minimum Gasteiger partial charge on any atom is -0.396 e. The van der Waals surface area contributed by atoms with Gasteiger partial charge in [0.15, 0.2) is 0 Å². The van der Waals surface area contributed by atoms with Crippen molar-refractivity contribution in [1.29, 1.82) is 0 Å². The Morgan fingerprint density at radius 3 is 2.43 bits per heavy atom. The van der Waals surface area contributed by atoms with Crippen molar-refractivity contribution < 1.29 is 13.2 Å². The van der Waals surface area contributed by atoms with Crippen molar-refractivity contribution in [3.8, 4) is 0 Å². The van der Waals surface area contributed by atoms with Gasteiger partial charge in [0.1, 0.15) is 0 Å². The quantitative estimate of drug-likeness (QED) is 0.845. The molecule has 0 bridgehead atoms. The zero-order chi connectivity index (χ0) is 10.1. The molecule has 0 spiro atoms. The Balaban J connectivity index is 0.00000169. The van der Waals surface area contributed by atoms with Crippen LogP contribution in [0.1, 0.15) is 12.1 Å². The number of aromatic nitrogens is 2. The summed E-state index contributed by atoms with van der Waals surface area (Å²) in [7, 11) is 0. The van der Waals surface area contributed by atoms with Crippen LogP contribution in [0.25, 0.3) is 0 Å². The molecule has 2 N–H and O–H groups in total. The number of alkyl halides is 3. The fourth-order valence-corrected chi connectivity index (χ4v) is 0.889. The van der Waals surface area contributed by atoms with Gasteiger partial charge in [-0.1, -0.05) is 0 Å². The van der Waals surface area contributed by atoms with E-state index >= 15 is 0 Å². The van der Waals surface area contributed by atoms with Crippen LogP contribution >= 0.6 is 12.4 Å². The largest absolute Gasteiger partial charge is 0.396 e. The van der Waals surface area contributed by atoms with E-state index in [1.54, 1.807) is 6.92 Å². The maximum absolute atomic E-state index is 11.8. The fourth-order valence-electron chi connectivity index (χ4n) is 0.889. The Hall–Kier alpha value is -0.910. The van der Waals surface area contributed by atoms with Crippen molar-refractivity contribution in [2.45, 2.75) is 26.1 Å². The summed E-state index contributed by atoms with van der Waals surface area (Å²) in [5.74, 6) is 0. The number of rotatable bonds is 2. The average Bonchev–Trinajstić information content (AvgIpc) is 2.27. The van der Waals surface area contributed by atoms with Gasteiger partial charge in [-0.25, -0.2) is 0 Å². The molecule has 1 aromatic heterocycles. The molecule has 0 aliphatic heterocycles. The highest BCUT2D eigenvalue weighted by atomic mass is 35.5. The zero-order valence-electron chi connectivity index (χ0n) is 7.51. The maximum atomic E-state index is 11.8. The van der Waals surface area contributed by atoms with E-state index in [-0.39, 0.29) is 19.0 Å². The van der Waals surface area contributed by atoms with E-state index in [1.807, 2.05) is 0 Å². The van der Waals surface area contributed by atoms with E-state index in [0.29, 0.717) is 11.4 Å². The molecule has 0 fully saturated rings. The molecule has 1 heterocycles. The first-order valence-corrected chi connectivity index (χ1v) is 3.75. The normalized spacial score (nSPS) is 11.1. The molecule has 7 heteroatoms. The van der Waals surface area contributed by atoms with Crippen LogP contribution in [0.3, 0.4) is 0 Å². The molecule has 3 nitrogen and oxygen atoms in total. The average molecular weight is 230 g/mol. The van der Waals surface area contributed by atoms with Gasteiger partial charge < -0.3 is 5.73 Å². The van der Waals surface area contributed by atoms with Gasteiger partial charge in [0.2, 0.25) is 0 Å². The highest BCUT2D eigenvalue weighted by Gasteiger charge is 2.26. The molecule has 0 aliphatic rings. The third-order valence-electron chi connectivity index (χ3n) is 1.61. The van der Waals surface area contributed by atoms with Gasteiger partial charge in [-0.15, -0.1) is 12.4 Å². The molecule has 14 heavy (non-hydrogen) atoms. The van der Waals surface area contributed by atoms with Crippen molar-refractivity contribution in [2.75, 3.05) is 5.73 Å². The van der Waals surface area contributed by atoms with Crippen LogP contribution in [0.2, 0.25) is 0 Å². The van der Waals surface area contributed by atoms with Crippen molar-refractivity contribution in [3.05, 3.63) is 11.9 Å². The summed E-state index contributed by atoms with van der Waals surface area (Å²) in [6.45, 7) is 1.47. The molecule has 0 amide bonds. The molecule has 0 unspecified atom stereocenters. The van der Waals surface area contributed by atoms with E-state index in [2.05, 4.69) is 5.10 Å². The van der Waals surface area contributed by atoms with Gasteiger partial charge in [0.25, 0.3) is 0 Å². The second kappa shape index (κ2) is 4.54. The lowest BCUT2D eigenvalue weighted by Gasteiger charge is -2.05. The van der Waals surface area contributed by atoms with Crippen molar-refractivity contribution in [3.63, 3.8) is 0 Å².